The molecule has 0 amide bonds. The number of guanidine groups is 1. The van der Waals surface area contributed by atoms with Gasteiger partial charge in [-0.1, -0.05) is 18.2 Å². The molecule has 30 heavy (non-hydrogen) atoms. The van der Waals surface area contributed by atoms with Gasteiger partial charge in [-0.2, -0.15) is 0 Å². The minimum atomic E-state index is -0.230. The van der Waals surface area contributed by atoms with Crippen LogP contribution in [-0.2, 0) is 13.0 Å². The quantitative estimate of drug-likeness (QED) is 0.199. The van der Waals surface area contributed by atoms with E-state index in [1.165, 1.54) is 6.07 Å². The van der Waals surface area contributed by atoms with Crippen LogP contribution < -0.4 is 10.6 Å². The van der Waals surface area contributed by atoms with E-state index in [-0.39, 0.29) is 29.8 Å². The Balaban J connectivity index is 0.00000256. The SMILES string of the molecule is CN=C(NCCc1c[nH]c2ccc(F)cc12)NCc1coc(-c2ccccc2)n1.I. The van der Waals surface area contributed by atoms with Gasteiger partial charge in [0.25, 0.3) is 0 Å². The van der Waals surface area contributed by atoms with E-state index < -0.39 is 0 Å². The smallest absolute Gasteiger partial charge is 0.226 e. The highest BCUT2D eigenvalue weighted by molar-refractivity contribution is 14.0. The van der Waals surface area contributed by atoms with Gasteiger partial charge in [0.1, 0.15) is 12.1 Å². The van der Waals surface area contributed by atoms with E-state index in [9.17, 15) is 4.39 Å². The lowest BCUT2D eigenvalue weighted by Crippen LogP contribution is -2.37. The molecular weight excluding hydrogens is 496 g/mol. The Kier molecular flexibility index (Phi) is 7.45. The molecule has 0 atom stereocenters. The second-order valence-electron chi connectivity index (χ2n) is 6.62. The highest BCUT2D eigenvalue weighted by Gasteiger charge is 2.08. The summed E-state index contributed by atoms with van der Waals surface area (Å²) in [6, 6.07) is 14.5. The molecule has 8 heteroatoms. The first-order valence-corrected chi connectivity index (χ1v) is 9.43. The van der Waals surface area contributed by atoms with Crippen molar-refractivity contribution in [3.63, 3.8) is 0 Å². The van der Waals surface area contributed by atoms with Gasteiger partial charge in [-0.15, -0.1) is 24.0 Å². The molecule has 0 spiro atoms. The normalized spacial score (nSPS) is 11.3. The van der Waals surface area contributed by atoms with Crippen LogP contribution in [0.25, 0.3) is 22.4 Å². The number of hydrogen-bond acceptors (Lipinski definition) is 3. The molecule has 0 unspecified atom stereocenters. The molecular formula is C22H23FIN5O. The van der Waals surface area contributed by atoms with Crippen LogP contribution in [0.2, 0.25) is 0 Å². The first-order valence-electron chi connectivity index (χ1n) is 9.43. The van der Waals surface area contributed by atoms with Crippen LogP contribution in [0.5, 0.6) is 0 Å². The van der Waals surface area contributed by atoms with E-state index in [0.717, 1.165) is 34.1 Å². The third-order valence-electron chi connectivity index (χ3n) is 4.65. The minimum Gasteiger partial charge on any atom is -0.444 e. The molecule has 4 aromatic rings. The number of oxazole rings is 1. The van der Waals surface area contributed by atoms with Gasteiger partial charge in [-0.25, -0.2) is 9.37 Å². The maximum atomic E-state index is 13.5. The average Bonchev–Trinajstić information content (AvgIpc) is 3.38. The van der Waals surface area contributed by atoms with Gasteiger partial charge in [0.15, 0.2) is 5.96 Å². The fourth-order valence-electron chi connectivity index (χ4n) is 3.17. The fraction of sp³-hybridized carbons (Fsp3) is 0.182. The first-order chi connectivity index (χ1) is 14.2. The molecule has 0 aliphatic carbocycles. The zero-order valence-corrected chi connectivity index (χ0v) is 18.8. The molecule has 0 radical (unpaired) electrons. The number of aromatic nitrogens is 2. The first kappa shape index (κ1) is 21.8. The second kappa shape index (κ2) is 10.2. The van der Waals surface area contributed by atoms with Crippen LogP contribution in [0.4, 0.5) is 4.39 Å². The summed E-state index contributed by atoms with van der Waals surface area (Å²) in [4.78, 5) is 11.9. The van der Waals surface area contributed by atoms with Gasteiger partial charge in [0.2, 0.25) is 5.89 Å². The molecule has 2 aromatic heterocycles. The molecule has 2 heterocycles. The molecule has 3 N–H and O–H groups in total. The summed E-state index contributed by atoms with van der Waals surface area (Å²) in [6.45, 7) is 1.16. The van der Waals surface area contributed by atoms with Gasteiger partial charge in [-0.3, -0.25) is 4.99 Å². The predicted molar refractivity (Wildman–Crippen MR) is 128 cm³/mol. The standard InChI is InChI=1S/C22H22FN5O.HI/c1-24-22(25-10-9-16-12-26-20-8-7-17(23)11-19(16)20)27-13-18-14-29-21(28-18)15-5-3-2-4-6-15;/h2-8,11-12,14,26H,9-10,13H2,1H3,(H2,24,25,27);1H. The second-order valence-corrected chi connectivity index (χ2v) is 6.62. The molecule has 0 aliphatic heterocycles. The fourth-order valence-corrected chi connectivity index (χ4v) is 3.17. The lowest BCUT2D eigenvalue weighted by Gasteiger charge is -2.10. The topological polar surface area (TPSA) is 78.2 Å². The predicted octanol–water partition coefficient (Wildman–Crippen LogP) is 4.49. The Morgan fingerprint density at radius 3 is 2.80 bits per heavy atom. The van der Waals surface area contributed by atoms with Gasteiger partial charge in [0, 0.05) is 36.3 Å². The van der Waals surface area contributed by atoms with Crippen molar-refractivity contribution in [1.82, 2.24) is 20.6 Å². The van der Waals surface area contributed by atoms with Crippen molar-refractivity contribution in [1.29, 1.82) is 0 Å². The Bertz CT molecular complexity index is 1120. The maximum Gasteiger partial charge on any atom is 0.226 e. The van der Waals surface area contributed by atoms with Crippen LogP contribution in [0.3, 0.4) is 0 Å². The van der Waals surface area contributed by atoms with E-state index in [4.69, 9.17) is 4.42 Å². The van der Waals surface area contributed by atoms with Crippen molar-refractivity contribution < 1.29 is 8.81 Å². The van der Waals surface area contributed by atoms with E-state index in [1.807, 2.05) is 36.5 Å². The molecule has 0 saturated carbocycles. The Morgan fingerprint density at radius 2 is 2.00 bits per heavy atom. The van der Waals surface area contributed by atoms with E-state index in [1.54, 1.807) is 25.4 Å². The molecule has 0 fully saturated rings. The number of halogens is 2. The number of aromatic amines is 1. The molecule has 0 bridgehead atoms. The lowest BCUT2D eigenvalue weighted by atomic mass is 10.1. The largest absolute Gasteiger partial charge is 0.444 e. The summed E-state index contributed by atoms with van der Waals surface area (Å²) in [5.74, 6) is 1.03. The van der Waals surface area contributed by atoms with Crippen LogP contribution >= 0.6 is 24.0 Å². The molecule has 0 saturated heterocycles. The molecule has 0 aliphatic rings. The van der Waals surface area contributed by atoms with Crippen molar-refractivity contribution in [2.24, 2.45) is 4.99 Å². The van der Waals surface area contributed by atoms with Crippen molar-refractivity contribution >= 4 is 40.8 Å². The van der Waals surface area contributed by atoms with Crippen LogP contribution in [-0.4, -0.2) is 29.5 Å². The highest BCUT2D eigenvalue weighted by Crippen LogP contribution is 2.20. The summed E-state index contributed by atoms with van der Waals surface area (Å²) < 4.78 is 19.1. The number of benzene rings is 2. The number of aliphatic imine (C=N–C) groups is 1. The monoisotopic (exact) mass is 519 g/mol. The summed E-state index contributed by atoms with van der Waals surface area (Å²) >= 11 is 0. The maximum absolute atomic E-state index is 13.5. The number of hydrogen-bond donors (Lipinski definition) is 3. The van der Waals surface area contributed by atoms with Gasteiger partial charge < -0.3 is 20.0 Å². The molecule has 4 rings (SSSR count). The average molecular weight is 519 g/mol. The third-order valence-corrected chi connectivity index (χ3v) is 4.65. The van der Waals surface area contributed by atoms with Crippen molar-refractivity contribution in [2.45, 2.75) is 13.0 Å². The van der Waals surface area contributed by atoms with Crippen molar-refractivity contribution in [3.8, 4) is 11.5 Å². The Labute approximate surface area is 191 Å². The zero-order chi connectivity index (χ0) is 20.1. The van der Waals surface area contributed by atoms with Crippen LogP contribution in [0.15, 0.2) is 70.4 Å². The van der Waals surface area contributed by atoms with Gasteiger partial charge in [-0.05, 0) is 42.3 Å². The summed E-state index contributed by atoms with van der Waals surface area (Å²) in [5.41, 5.74) is 3.73. The highest BCUT2D eigenvalue weighted by atomic mass is 127. The van der Waals surface area contributed by atoms with Crippen LogP contribution in [0.1, 0.15) is 11.3 Å². The van der Waals surface area contributed by atoms with E-state index in [0.29, 0.717) is 24.9 Å². The summed E-state index contributed by atoms with van der Waals surface area (Å²) in [5, 5.41) is 7.40. The molecule has 6 nitrogen and oxygen atoms in total. The number of nitrogens with zero attached hydrogens (tertiary/aromatic N) is 2. The number of nitrogens with one attached hydrogen (secondary N) is 3. The van der Waals surface area contributed by atoms with Gasteiger partial charge in [0.05, 0.1) is 12.2 Å². The molecule has 156 valence electrons. The Morgan fingerprint density at radius 1 is 1.17 bits per heavy atom. The zero-order valence-electron chi connectivity index (χ0n) is 16.5. The van der Waals surface area contributed by atoms with E-state index in [2.05, 4.69) is 25.6 Å². The number of rotatable bonds is 6. The lowest BCUT2D eigenvalue weighted by molar-refractivity contribution is 0.572. The third kappa shape index (κ3) is 5.18. The summed E-state index contributed by atoms with van der Waals surface area (Å²) in [7, 11) is 1.72. The van der Waals surface area contributed by atoms with Gasteiger partial charge >= 0.3 is 0 Å². The van der Waals surface area contributed by atoms with E-state index >= 15 is 0 Å². The Hall–Kier alpha value is -2.88. The molecule has 2 aromatic carbocycles. The van der Waals surface area contributed by atoms with Crippen molar-refractivity contribution in [3.05, 3.63) is 78.1 Å². The number of H-pyrrole nitrogens is 1. The minimum absolute atomic E-state index is 0. The number of fused-ring (bicyclic) bond motifs is 1. The van der Waals surface area contributed by atoms with Crippen molar-refractivity contribution in [2.75, 3.05) is 13.6 Å². The van der Waals surface area contributed by atoms with Crippen LogP contribution in [0, 0.1) is 5.82 Å². The summed E-state index contributed by atoms with van der Waals surface area (Å²) in [6.07, 6.45) is 4.30.